The van der Waals surface area contributed by atoms with Gasteiger partial charge in [-0.1, -0.05) is 0 Å². The lowest BCUT2D eigenvalue weighted by molar-refractivity contribution is 0.0526. The van der Waals surface area contributed by atoms with Crippen molar-refractivity contribution in [2.75, 3.05) is 26.9 Å². The fourth-order valence-corrected chi connectivity index (χ4v) is 1.88. The summed E-state index contributed by atoms with van der Waals surface area (Å²) in [6.07, 6.45) is 2.35. The molecule has 5 heteroatoms. The fourth-order valence-electron chi connectivity index (χ4n) is 1.88. The van der Waals surface area contributed by atoms with Crippen LogP contribution in [0.3, 0.4) is 0 Å². The van der Waals surface area contributed by atoms with Gasteiger partial charge in [0.25, 0.3) is 0 Å². The van der Waals surface area contributed by atoms with E-state index in [0.29, 0.717) is 36.7 Å². The van der Waals surface area contributed by atoms with Crippen molar-refractivity contribution in [2.24, 2.45) is 0 Å². The highest BCUT2D eigenvalue weighted by Gasteiger charge is 2.13. The van der Waals surface area contributed by atoms with Gasteiger partial charge in [-0.25, -0.2) is 4.79 Å². The molecule has 0 saturated carbocycles. The number of methoxy groups -OCH3 is 1. The Morgan fingerprint density at radius 3 is 2.90 bits per heavy atom. The second-order valence-electron chi connectivity index (χ2n) is 4.22. The van der Waals surface area contributed by atoms with Gasteiger partial charge >= 0.3 is 5.97 Å². The van der Waals surface area contributed by atoms with E-state index in [0.717, 1.165) is 11.8 Å². The topological polar surface area (TPSA) is 57.9 Å². The molecule has 0 aliphatic heterocycles. The molecule has 0 atom stereocenters. The van der Waals surface area contributed by atoms with E-state index in [-0.39, 0.29) is 5.97 Å². The molecule has 5 nitrogen and oxygen atoms in total. The molecule has 0 radical (unpaired) electrons. The van der Waals surface area contributed by atoms with Crippen molar-refractivity contribution in [3.05, 3.63) is 30.0 Å². The number of esters is 1. The largest absolute Gasteiger partial charge is 0.493 e. The van der Waals surface area contributed by atoms with Crippen molar-refractivity contribution in [1.29, 1.82) is 0 Å². The monoisotopic (exact) mass is 278 g/mol. The first-order valence-electron chi connectivity index (χ1n) is 6.56. The van der Waals surface area contributed by atoms with Crippen LogP contribution < -0.4 is 4.74 Å². The summed E-state index contributed by atoms with van der Waals surface area (Å²) in [5.74, 6) is 0.239. The predicted octanol–water partition coefficient (Wildman–Crippen LogP) is 3.02. The number of ether oxygens (including phenoxy) is 3. The van der Waals surface area contributed by atoms with Crippen molar-refractivity contribution in [3.8, 4) is 5.75 Å². The average Bonchev–Trinajstić information content (AvgIpc) is 2.92. The van der Waals surface area contributed by atoms with Gasteiger partial charge in [-0.15, -0.1) is 0 Å². The van der Waals surface area contributed by atoms with Gasteiger partial charge in [0, 0.05) is 20.1 Å². The van der Waals surface area contributed by atoms with Gasteiger partial charge in [0.05, 0.1) is 30.4 Å². The number of carbonyl (C=O) groups excluding carboxylic acids is 1. The molecule has 20 heavy (non-hydrogen) atoms. The van der Waals surface area contributed by atoms with Crippen molar-refractivity contribution >= 4 is 16.9 Å². The number of furan rings is 1. The molecule has 0 aliphatic carbocycles. The molecule has 0 amide bonds. The molecule has 2 aromatic rings. The molecule has 1 aromatic carbocycles. The van der Waals surface area contributed by atoms with E-state index in [2.05, 4.69) is 0 Å². The van der Waals surface area contributed by atoms with Gasteiger partial charge in [0.15, 0.2) is 0 Å². The maximum atomic E-state index is 11.8. The summed E-state index contributed by atoms with van der Waals surface area (Å²) in [5.41, 5.74) is 1.04. The summed E-state index contributed by atoms with van der Waals surface area (Å²) in [7, 11) is 1.65. The Balaban J connectivity index is 2.21. The first kappa shape index (κ1) is 14.4. The average molecular weight is 278 g/mol. The quantitative estimate of drug-likeness (QED) is 0.575. The van der Waals surface area contributed by atoms with Crippen LogP contribution in [-0.4, -0.2) is 32.9 Å². The Morgan fingerprint density at radius 2 is 2.15 bits per heavy atom. The van der Waals surface area contributed by atoms with Gasteiger partial charge in [-0.2, -0.15) is 0 Å². The van der Waals surface area contributed by atoms with E-state index in [4.69, 9.17) is 18.6 Å². The van der Waals surface area contributed by atoms with Gasteiger partial charge in [-0.3, -0.25) is 0 Å². The zero-order valence-electron chi connectivity index (χ0n) is 11.7. The minimum Gasteiger partial charge on any atom is -0.493 e. The first-order chi connectivity index (χ1) is 9.76. The SMILES string of the molecule is CCOC(=O)c1cc(OCCCOC)c2ccoc2c1. The lowest BCUT2D eigenvalue weighted by atomic mass is 10.1. The third-order valence-corrected chi connectivity index (χ3v) is 2.80. The van der Waals surface area contributed by atoms with Crippen LogP contribution in [0.2, 0.25) is 0 Å². The summed E-state index contributed by atoms with van der Waals surface area (Å²) < 4.78 is 21.0. The molecule has 0 unspecified atom stereocenters. The van der Waals surface area contributed by atoms with E-state index >= 15 is 0 Å². The van der Waals surface area contributed by atoms with Crippen LogP contribution >= 0.6 is 0 Å². The molecule has 2 rings (SSSR count). The minimum atomic E-state index is -0.382. The normalized spacial score (nSPS) is 10.7. The molecular weight excluding hydrogens is 260 g/mol. The minimum absolute atomic E-state index is 0.332. The number of fused-ring (bicyclic) bond motifs is 1. The maximum absolute atomic E-state index is 11.8. The molecule has 0 N–H and O–H groups in total. The smallest absolute Gasteiger partial charge is 0.338 e. The van der Waals surface area contributed by atoms with E-state index < -0.39 is 0 Å². The molecule has 0 spiro atoms. The van der Waals surface area contributed by atoms with Gasteiger partial charge < -0.3 is 18.6 Å². The summed E-state index contributed by atoms with van der Waals surface area (Å²) in [6.45, 7) is 3.25. The van der Waals surface area contributed by atoms with Gasteiger partial charge in [0.2, 0.25) is 0 Å². The van der Waals surface area contributed by atoms with E-state index in [1.165, 1.54) is 0 Å². The molecule has 0 fully saturated rings. The number of hydrogen-bond acceptors (Lipinski definition) is 5. The van der Waals surface area contributed by atoms with E-state index in [9.17, 15) is 4.79 Å². The predicted molar refractivity (Wildman–Crippen MR) is 74.2 cm³/mol. The Morgan fingerprint density at radius 1 is 1.30 bits per heavy atom. The highest BCUT2D eigenvalue weighted by molar-refractivity contribution is 5.96. The van der Waals surface area contributed by atoms with Gasteiger partial charge in [-0.05, 0) is 25.1 Å². The second kappa shape index (κ2) is 6.96. The lowest BCUT2D eigenvalue weighted by Gasteiger charge is -2.09. The number of hydrogen-bond donors (Lipinski definition) is 0. The highest BCUT2D eigenvalue weighted by atomic mass is 16.5. The van der Waals surface area contributed by atoms with Crippen LogP contribution in [0.15, 0.2) is 28.9 Å². The molecule has 0 saturated heterocycles. The number of carbonyl (C=O) groups is 1. The summed E-state index contributed by atoms with van der Waals surface area (Å²) >= 11 is 0. The standard InChI is InChI=1S/C15H18O5/c1-3-18-15(16)11-9-13(19-7-4-6-17-2)12-5-8-20-14(12)10-11/h5,8-10H,3-4,6-7H2,1-2H3. The van der Waals surface area contributed by atoms with Crippen LogP contribution in [0.5, 0.6) is 5.75 Å². The molecular formula is C15H18O5. The summed E-state index contributed by atoms with van der Waals surface area (Å²) in [5, 5.41) is 0.843. The maximum Gasteiger partial charge on any atom is 0.338 e. The van der Waals surface area contributed by atoms with Crippen molar-refractivity contribution in [1.82, 2.24) is 0 Å². The molecule has 1 aromatic heterocycles. The molecule has 108 valence electrons. The Labute approximate surface area is 117 Å². The Hall–Kier alpha value is -2.01. The molecule has 0 bridgehead atoms. The summed E-state index contributed by atoms with van der Waals surface area (Å²) in [4.78, 5) is 11.8. The zero-order chi connectivity index (χ0) is 14.4. The third kappa shape index (κ3) is 3.30. The van der Waals surface area contributed by atoms with Crippen LogP contribution in [0.4, 0.5) is 0 Å². The number of rotatable bonds is 7. The summed E-state index contributed by atoms with van der Waals surface area (Å²) in [6, 6.07) is 5.16. The Bertz CT molecular complexity index is 573. The zero-order valence-corrected chi connectivity index (χ0v) is 11.7. The van der Waals surface area contributed by atoms with E-state index in [1.807, 2.05) is 6.07 Å². The van der Waals surface area contributed by atoms with Crippen molar-refractivity contribution in [2.45, 2.75) is 13.3 Å². The van der Waals surface area contributed by atoms with E-state index in [1.54, 1.807) is 32.4 Å². The first-order valence-corrected chi connectivity index (χ1v) is 6.56. The molecule has 0 aliphatic rings. The van der Waals surface area contributed by atoms with Crippen LogP contribution in [0, 0.1) is 0 Å². The van der Waals surface area contributed by atoms with Gasteiger partial charge in [0.1, 0.15) is 11.3 Å². The second-order valence-corrected chi connectivity index (χ2v) is 4.22. The van der Waals surface area contributed by atoms with Crippen LogP contribution in [-0.2, 0) is 9.47 Å². The van der Waals surface area contributed by atoms with Crippen molar-refractivity contribution in [3.63, 3.8) is 0 Å². The highest BCUT2D eigenvalue weighted by Crippen LogP contribution is 2.29. The van der Waals surface area contributed by atoms with Crippen molar-refractivity contribution < 1.29 is 23.4 Å². The fraction of sp³-hybridized carbons (Fsp3) is 0.400. The Kier molecular flexibility index (Phi) is 5.01. The molecule has 1 heterocycles. The third-order valence-electron chi connectivity index (χ3n) is 2.80. The van der Waals surface area contributed by atoms with Crippen LogP contribution in [0.1, 0.15) is 23.7 Å². The van der Waals surface area contributed by atoms with Crippen LogP contribution in [0.25, 0.3) is 11.0 Å². The number of benzene rings is 1. The lowest BCUT2D eigenvalue weighted by Crippen LogP contribution is -2.06.